The Kier molecular flexibility index (Phi) is 5.91. The van der Waals surface area contributed by atoms with Crippen molar-refractivity contribution >= 4 is 6.09 Å². The van der Waals surface area contributed by atoms with Crippen LogP contribution >= 0.6 is 0 Å². The fourth-order valence-electron chi connectivity index (χ4n) is 3.39. The number of nitrogens with zero attached hydrogens (tertiary/aromatic N) is 3. The quantitative estimate of drug-likeness (QED) is 0.845. The summed E-state index contributed by atoms with van der Waals surface area (Å²) in [4.78, 5) is 14.2. The van der Waals surface area contributed by atoms with E-state index in [2.05, 4.69) is 23.6 Å². The van der Waals surface area contributed by atoms with Crippen LogP contribution in [0.1, 0.15) is 57.7 Å². The third kappa shape index (κ3) is 4.50. The largest absolute Gasteiger partial charge is 0.444 e. The average Bonchev–Trinajstić information content (AvgIpc) is 2.83. The zero-order chi connectivity index (χ0) is 17.9. The van der Waals surface area contributed by atoms with Crippen LogP contribution in [0.5, 0.6) is 0 Å². The zero-order valence-corrected chi connectivity index (χ0v) is 15.8. The molecule has 0 radical (unpaired) electrons. The van der Waals surface area contributed by atoms with Crippen LogP contribution in [0.25, 0.3) is 0 Å². The van der Waals surface area contributed by atoms with E-state index in [-0.39, 0.29) is 12.1 Å². The molecule has 1 unspecified atom stereocenters. The first-order valence-electron chi connectivity index (χ1n) is 8.73. The predicted octanol–water partition coefficient (Wildman–Crippen LogP) is 3.34. The first kappa shape index (κ1) is 18.8. The Labute approximate surface area is 145 Å². The van der Waals surface area contributed by atoms with Crippen LogP contribution in [0.3, 0.4) is 0 Å². The molecule has 0 aliphatic carbocycles. The van der Waals surface area contributed by atoms with Crippen LogP contribution in [-0.4, -0.2) is 52.7 Å². The van der Waals surface area contributed by atoms with Crippen molar-refractivity contribution in [3.63, 3.8) is 0 Å². The van der Waals surface area contributed by atoms with Gasteiger partial charge in [0.25, 0.3) is 0 Å². The molecule has 6 heteroatoms. The van der Waals surface area contributed by atoms with Gasteiger partial charge in [-0.15, -0.1) is 0 Å². The van der Waals surface area contributed by atoms with E-state index in [1.54, 1.807) is 7.11 Å². The topological polar surface area (TPSA) is 56.6 Å². The Hall–Kier alpha value is -1.56. The van der Waals surface area contributed by atoms with Crippen LogP contribution in [0.15, 0.2) is 6.20 Å². The zero-order valence-electron chi connectivity index (χ0n) is 15.8. The number of hydrogen-bond acceptors (Lipinski definition) is 4. The molecule has 0 aromatic carbocycles. The van der Waals surface area contributed by atoms with Gasteiger partial charge in [-0.1, -0.05) is 0 Å². The van der Waals surface area contributed by atoms with E-state index in [0.717, 1.165) is 25.9 Å². The highest BCUT2D eigenvalue weighted by Crippen LogP contribution is 2.33. The summed E-state index contributed by atoms with van der Waals surface area (Å²) in [7, 11) is 1.71. The SMILES string of the molecule is COCCn1ncc(C)c1C1CCN(C(=O)OC(C)(C)C)[C@H](C)C1. The fraction of sp³-hybridized carbons (Fsp3) is 0.778. The molecule has 1 aliphatic rings. The highest BCUT2D eigenvalue weighted by molar-refractivity contribution is 5.68. The van der Waals surface area contributed by atoms with Crippen molar-refractivity contribution in [3.8, 4) is 0 Å². The van der Waals surface area contributed by atoms with Gasteiger partial charge in [0.2, 0.25) is 0 Å². The van der Waals surface area contributed by atoms with Gasteiger partial charge < -0.3 is 14.4 Å². The van der Waals surface area contributed by atoms with Crippen LogP contribution in [0.4, 0.5) is 4.79 Å². The van der Waals surface area contributed by atoms with Crippen molar-refractivity contribution < 1.29 is 14.3 Å². The number of amides is 1. The molecule has 0 spiro atoms. The Morgan fingerprint density at radius 2 is 2.12 bits per heavy atom. The molecular weight excluding hydrogens is 306 g/mol. The van der Waals surface area contributed by atoms with E-state index >= 15 is 0 Å². The number of hydrogen-bond donors (Lipinski definition) is 0. The molecular formula is C18H31N3O3. The van der Waals surface area contributed by atoms with E-state index < -0.39 is 5.60 Å². The maximum atomic E-state index is 12.4. The molecule has 6 nitrogen and oxygen atoms in total. The van der Waals surface area contributed by atoms with Gasteiger partial charge in [0.15, 0.2) is 0 Å². The minimum absolute atomic E-state index is 0.156. The number of piperidine rings is 1. The number of carbonyl (C=O) groups excluding carboxylic acids is 1. The summed E-state index contributed by atoms with van der Waals surface area (Å²) >= 11 is 0. The average molecular weight is 337 g/mol. The summed E-state index contributed by atoms with van der Waals surface area (Å²) in [6, 6.07) is 0.156. The summed E-state index contributed by atoms with van der Waals surface area (Å²) in [5, 5.41) is 4.49. The van der Waals surface area contributed by atoms with Gasteiger partial charge in [0.05, 0.1) is 19.3 Å². The Bertz CT molecular complexity index is 562. The lowest BCUT2D eigenvalue weighted by molar-refractivity contribution is 0.0101. The first-order valence-corrected chi connectivity index (χ1v) is 8.73. The molecule has 2 atom stereocenters. The van der Waals surface area contributed by atoms with Crippen LogP contribution in [0, 0.1) is 6.92 Å². The molecule has 1 saturated heterocycles. The minimum Gasteiger partial charge on any atom is -0.444 e. The van der Waals surface area contributed by atoms with Crippen molar-refractivity contribution in [1.82, 2.24) is 14.7 Å². The van der Waals surface area contributed by atoms with Gasteiger partial charge in [0, 0.05) is 31.3 Å². The summed E-state index contributed by atoms with van der Waals surface area (Å²) < 4.78 is 12.8. The molecule has 0 saturated carbocycles. The Morgan fingerprint density at radius 3 is 2.71 bits per heavy atom. The van der Waals surface area contributed by atoms with Crippen molar-refractivity contribution in [2.45, 2.75) is 71.6 Å². The summed E-state index contributed by atoms with van der Waals surface area (Å²) in [6.07, 6.45) is 3.58. The molecule has 2 rings (SSSR count). The second kappa shape index (κ2) is 7.55. The molecule has 1 amide bonds. The molecule has 1 aromatic rings. The van der Waals surface area contributed by atoms with Crippen LogP contribution < -0.4 is 0 Å². The van der Waals surface area contributed by atoms with Gasteiger partial charge in [-0.2, -0.15) is 5.10 Å². The van der Waals surface area contributed by atoms with E-state index in [1.165, 1.54) is 11.3 Å². The van der Waals surface area contributed by atoms with Gasteiger partial charge in [-0.25, -0.2) is 4.79 Å². The van der Waals surface area contributed by atoms with Gasteiger partial charge in [-0.05, 0) is 53.0 Å². The number of aromatic nitrogens is 2. The summed E-state index contributed by atoms with van der Waals surface area (Å²) in [5.74, 6) is 0.415. The predicted molar refractivity (Wildman–Crippen MR) is 93.2 cm³/mol. The summed E-state index contributed by atoms with van der Waals surface area (Å²) in [6.45, 7) is 12.0. The van der Waals surface area contributed by atoms with Crippen LogP contribution in [0.2, 0.25) is 0 Å². The minimum atomic E-state index is -0.455. The summed E-state index contributed by atoms with van der Waals surface area (Å²) in [5.41, 5.74) is 2.04. The number of likely N-dealkylation sites (tertiary alicyclic amines) is 1. The lowest BCUT2D eigenvalue weighted by Gasteiger charge is -2.38. The molecule has 1 aliphatic heterocycles. The first-order chi connectivity index (χ1) is 11.2. The Morgan fingerprint density at radius 1 is 1.42 bits per heavy atom. The molecule has 1 fully saturated rings. The van der Waals surface area contributed by atoms with E-state index in [1.807, 2.05) is 31.9 Å². The normalized spacial score (nSPS) is 21.8. The highest BCUT2D eigenvalue weighted by atomic mass is 16.6. The molecule has 1 aromatic heterocycles. The number of methoxy groups -OCH3 is 1. The number of carbonyl (C=O) groups is 1. The monoisotopic (exact) mass is 337 g/mol. The van der Waals surface area contributed by atoms with E-state index in [9.17, 15) is 4.79 Å². The number of aryl methyl sites for hydroxylation is 1. The third-order valence-electron chi connectivity index (χ3n) is 4.47. The van der Waals surface area contributed by atoms with Crippen molar-refractivity contribution in [3.05, 3.63) is 17.5 Å². The second-order valence-electron chi connectivity index (χ2n) is 7.67. The maximum absolute atomic E-state index is 12.4. The van der Waals surface area contributed by atoms with Gasteiger partial charge >= 0.3 is 6.09 Å². The molecule has 0 N–H and O–H groups in total. The number of ether oxygens (including phenoxy) is 2. The van der Waals surface area contributed by atoms with Crippen LogP contribution in [-0.2, 0) is 16.0 Å². The lowest BCUT2D eigenvalue weighted by atomic mass is 9.87. The van der Waals surface area contributed by atoms with Crippen molar-refractivity contribution in [2.75, 3.05) is 20.3 Å². The second-order valence-corrected chi connectivity index (χ2v) is 7.67. The highest BCUT2D eigenvalue weighted by Gasteiger charge is 2.34. The molecule has 2 heterocycles. The van der Waals surface area contributed by atoms with E-state index in [4.69, 9.17) is 9.47 Å². The standard InChI is InChI=1S/C18H31N3O3/c1-13-12-19-21(9-10-23-6)16(13)15-7-8-20(14(2)11-15)17(22)24-18(3,4)5/h12,14-15H,7-11H2,1-6H3/t14-,15?/m1/s1. The van der Waals surface area contributed by atoms with E-state index in [0.29, 0.717) is 12.5 Å². The van der Waals surface area contributed by atoms with Crippen molar-refractivity contribution in [2.24, 2.45) is 0 Å². The molecule has 136 valence electrons. The fourth-order valence-corrected chi connectivity index (χ4v) is 3.39. The molecule has 24 heavy (non-hydrogen) atoms. The number of rotatable bonds is 4. The smallest absolute Gasteiger partial charge is 0.410 e. The third-order valence-corrected chi connectivity index (χ3v) is 4.47. The van der Waals surface area contributed by atoms with Gasteiger partial charge in [0.1, 0.15) is 5.60 Å². The van der Waals surface area contributed by atoms with Gasteiger partial charge in [-0.3, -0.25) is 4.68 Å². The molecule has 0 bridgehead atoms. The maximum Gasteiger partial charge on any atom is 0.410 e. The lowest BCUT2D eigenvalue weighted by Crippen LogP contribution is -2.46. The Balaban J connectivity index is 2.06. The van der Waals surface area contributed by atoms with Crippen molar-refractivity contribution in [1.29, 1.82) is 0 Å².